The first-order valence-corrected chi connectivity index (χ1v) is 5.92. The fraction of sp³-hybridized carbons (Fsp3) is 0.333. The number of sulfonamides is 1. The molecule has 0 bridgehead atoms. The van der Waals surface area contributed by atoms with Gasteiger partial charge in [-0.15, -0.1) is 0 Å². The van der Waals surface area contributed by atoms with Crippen molar-refractivity contribution in [1.82, 2.24) is 9.71 Å². The Morgan fingerprint density at radius 2 is 2.13 bits per heavy atom. The van der Waals surface area contributed by atoms with Crippen LogP contribution in [0, 0.1) is 6.92 Å². The molecule has 1 aromatic rings. The van der Waals surface area contributed by atoms with E-state index in [-0.39, 0.29) is 11.3 Å². The molecule has 5 nitrogen and oxygen atoms in total. The molecule has 15 heavy (non-hydrogen) atoms. The average molecular weight is 228 g/mol. The van der Waals surface area contributed by atoms with Crippen molar-refractivity contribution in [2.24, 2.45) is 0 Å². The van der Waals surface area contributed by atoms with Crippen LogP contribution in [0.25, 0.3) is 0 Å². The van der Waals surface area contributed by atoms with Crippen LogP contribution < -0.4 is 4.72 Å². The number of amides is 1. The summed E-state index contributed by atoms with van der Waals surface area (Å²) in [4.78, 5) is 14.8. The minimum atomic E-state index is -3.75. The van der Waals surface area contributed by atoms with Gasteiger partial charge in [-0.05, 0) is 19.1 Å². The van der Waals surface area contributed by atoms with E-state index in [1.807, 2.05) is 4.72 Å². The summed E-state index contributed by atoms with van der Waals surface area (Å²) >= 11 is 0. The topological polar surface area (TPSA) is 76.1 Å². The highest BCUT2D eigenvalue weighted by molar-refractivity contribution is 7.90. The van der Waals surface area contributed by atoms with Gasteiger partial charge in [0.15, 0.2) is 0 Å². The van der Waals surface area contributed by atoms with Gasteiger partial charge in [0.25, 0.3) is 10.0 Å². The van der Waals surface area contributed by atoms with E-state index in [1.54, 1.807) is 19.9 Å². The first-order valence-electron chi connectivity index (χ1n) is 4.44. The molecule has 1 heterocycles. The second-order valence-corrected chi connectivity index (χ2v) is 4.70. The molecule has 0 saturated carbocycles. The van der Waals surface area contributed by atoms with Crippen LogP contribution >= 0.6 is 0 Å². The van der Waals surface area contributed by atoms with Crippen molar-refractivity contribution in [3.63, 3.8) is 0 Å². The van der Waals surface area contributed by atoms with Crippen molar-refractivity contribution in [1.29, 1.82) is 0 Å². The molecule has 0 aliphatic heterocycles. The minimum Gasteiger partial charge on any atom is -0.274 e. The molecule has 0 spiro atoms. The molecule has 0 atom stereocenters. The van der Waals surface area contributed by atoms with Gasteiger partial charge in [-0.1, -0.05) is 6.92 Å². The Balaban J connectivity index is 2.96. The molecule has 6 heteroatoms. The third kappa shape index (κ3) is 3.02. The van der Waals surface area contributed by atoms with Gasteiger partial charge in [0.05, 0.1) is 0 Å². The first-order chi connectivity index (χ1) is 6.95. The SMILES string of the molecule is CCC(=O)NS(=O)(=O)c1ccc(C)nc1. The van der Waals surface area contributed by atoms with Crippen molar-refractivity contribution in [2.75, 3.05) is 0 Å². The predicted octanol–water partition coefficient (Wildman–Crippen LogP) is 0.605. The van der Waals surface area contributed by atoms with Crippen molar-refractivity contribution in [2.45, 2.75) is 25.2 Å². The molecule has 0 radical (unpaired) electrons. The summed E-state index contributed by atoms with van der Waals surface area (Å²) in [6, 6.07) is 2.98. The van der Waals surface area contributed by atoms with Crippen LogP contribution in [-0.4, -0.2) is 19.3 Å². The number of carbonyl (C=O) groups is 1. The predicted molar refractivity (Wildman–Crippen MR) is 54.6 cm³/mol. The van der Waals surface area contributed by atoms with Gasteiger partial charge in [-0.25, -0.2) is 13.1 Å². The third-order valence-corrected chi connectivity index (χ3v) is 3.12. The summed E-state index contributed by atoms with van der Waals surface area (Å²) in [6.45, 7) is 3.33. The highest BCUT2D eigenvalue weighted by Gasteiger charge is 2.16. The van der Waals surface area contributed by atoms with Crippen LogP contribution in [0.5, 0.6) is 0 Å². The number of pyridine rings is 1. The molecule has 0 fully saturated rings. The Morgan fingerprint density at radius 1 is 1.47 bits per heavy atom. The second-order valence-electron chi connectivity index (χ2n) is 3.02. The molecule has 1 rings (SSSR count). The van der Waals surface area contributed by atoms with Gasteiger partial charge in [0.1, 0.15) is 4.90 Å². The molecule has 1 amide bonds. The van der Waals surface area contributed by atoms with E-state index in [2.05, 4.69) is 4.98 Å². The lowest BCUT2D eigenvalue weighted by molar-refractivity contribution is -0.119. The van der Waals surface area contributed by atoms with E-state index in [4.69, 9.17) is 0 Å². The average Bonchev–Trinajstić information content (AvgIpc) is 2.17. The summed E-state index contributed by atoms with van der Waals surface area (Å²) in [5, 5.41) is 0. The number of hydrogen-bond acceptors (Lipinski definition) is 4. The van der Waals surface area contributed by atoms with E-state index in [1.165, 1.54) is 12.3 Å². The van der Waals surface area contributed by atoms with E-state index < -0.39 is 15.9 Å². The maximum Gasteiger partial charge on any atom is 0.265 e. The molecular weight excluding hydrogens is 216 g/mol. The highest BCUT2D eigenvalue weighted by atomic mass is 32.2. The highest BCUT2D eigenvalue weighted by Crippen LogP contribution is 2.07. The molecule has 0 saturated heterocycles. The van der Waals surface area contributed by atoms with Crippen LogP contribution in [0.15, 0.2) is 23.2 Å². The lowest BCUT2D eigenvalue weighted by atomic mass is 10.4. The minimum absolute atomic E-state index is 0.00472. The summed E-state index contributed by atoms with van der Waals surface area (Å²) in [6.07, 6.45) is 1.35. The van der Waals surface area contributed by atoms with Gasteiger partial charge in [-0.3, -0.25) is 9.78 Å². The molecule has 1 aromatic heterocycles. The largest absolute Gasteiger partial charge is 0.274 e. The fourth-order valence-corrected chi connectivity index (χ4v) is 1.89. The number of rotatable bonds is 3. The van der Waals surface area contributed by atoms with Crippen LogP contribution in [-0.2, 0) is 14.8 Å². The second kappa shape index (κ2) is 4.39. The zero-order chi connectivity index (χ0) is 11.5. The Labute approximate surface area is 88.6 Å². The van der Waals surface area contributed by atoms with E-state index in [9.17, 15) is 13.2 Å². The molecule has 0 aliphatic carbocycles. The zero-order valence-electron chi connectivity index (χ0n) is 8.52. The lowest BCUT2D eigenvalue weighted by Gasteiger charge is -2.04. The Morgan fingerprint density at radius 3 is 2.60 bits per heavy atom. The van der Waals surface area contributed by atoms with Crippen LogP contribution in [0.4, 0.5) is 0 Å². The lowest BCUT2D eigenvalue weighted by Crippen LogP contribution is -2.29. The van der Waals surface area contributed by atoms with Crippen LogP contribution in [0.3, 0.4) is 0 Å². The maximum atomic E-state index is 11.5. The monoisotopic (exact) mass is 228 g/mol. The quantitative estimate of drug-likeness (QED) is 0.822. The fourth-order valence-electron chi connectivity index (χ4n) is 0.894. The van der Waals surface area contributed by atoms with Crippen molar-refractivity contribution in [3.8, 4) is 0 Å². The van der Waals surface area contributed by atoms with E-state index in [0.29, 0.717) is 0 Å². The van der Waals surface area contributed by atoms with Crippen molar-refractivity contribution in [3.05, 3.63) is 24.0 Å². The summed E-state index contributed by atoms with van der Waals surface area (Å²) in [5.41, 5.74) is 0.718. The number of hydrogen-bond donors (Lipinski definition) is 1. The van der Waals surface area contributed by atoms with Gasteiger partial charge < -0.3 is 0 Å². The van der Waals surface area contributed by atoms with Gasteiger partial charge in [-0.2, -0.15) is 0 Å². The number of aryl methyl sites for hydroxylation is 1. The normalized spacial score (nSPS) is 11.1. The van der Waals surface area contributed by atoms with Crippen LogP contribution in [0.1, 0.15) is 19.0 Å². The molecule has 0 aliphatic rings. The zero-order valence-corrected chi connectivity index (χ0v) is 9.34. The molecule has 0 unspecified atom stereocenters. The molecule has 0 aromatic carbocycles. The molecule has 1 N–H and O–H groups in total. The van der Waals surface area contributed by atoms with Gasteiger partial charge in [0.2, 0.25) is 5.91 Å². The molecular formula is C9H12N2O3S. The number of carbonyl (C=O) groups excluding carboxylic acids is 1. The Kier molecular flexibility index (Phi) is 3.41. The van der Waals surface area contributed by atoms with Crippen molar-refractivity contribution < 1.29 is 13.2 Å². The van der Waals surface area contributed by atoms with Crippen molar-refractivity contribution >= 4 is 15.9 Å². The summed E-state index contributed by atoms with van der Waals surface area (Å²) in [5.74, 6) is -0.532. The third-order valence-electron chi connectivity index (χ3n) is 1.76. The first kappa shape index (κ1) is 11.6. The molecule has 82 valence electrons. The van der Waals surface area contributed by atoms with Gasteiger partial charge in [0, 0.05) is 18.3 Å². The van der Waals surface area contributed by atoms with E-state index in [0.717, 1.165) is 5.69 Å². The Hall–Kier alpha value is -1.43. The number of nitrogens with one attached hydrogen (secondary N) is 1. The maximum absolute atomic E-state index is 11.5. The summed E-state index contributed by atoms with van der Waals surface area (Å²) in [7, 11) is -3.75. The number of nitrogens with zero attached hydrogens (tertiary/aromatic N) is 1. The standard InChI is InChI=1S/C9H12N2O3S/c1-3-9(12)11-15(13,14)8-5-4-7(2)10-6-8/h4-6H,3H2,1-2H3,(H,11,12). The van der Waals surface area contributed by atoms with Gasteiger partial charge >= 0.3 is 0 Å². The smallest absolute Gasteiger partial charge is 0.265 e. The van der Waals surface area contributed by atoms with Crippen LogP contribution in [0.2, 0.25) is 0 Å². The Bertz CT molecular complexity index is 451. The number of aromatic nitrogens is 1. The van der Waals surface area contributed by atoms with E-state index >= 15 is 0 Å². The summed E-state index contributed by atoms with van der Waals surface area (Å²) < 4.78 is 25.0.